The van der Waals surface area contributed by atoms with Crippen LogP contribution in [0.15, 0.2) is 22.7 Å². The predicted molar refractivity (Wildman–Crippen MR) is 43.0 cm³/mol. The van der Waals surface area contributed by atoms with Crippen molar-refractivity contribution >= 4 is 15.9 Å². The first-order valence-electron chi connectivity index (χ1n) is 3.19. The Morgan fingerprint density at radius 2 is 2.09 bits per heavy atom. The molecule has 0 unspecified atom stereocenters. The van der Waals surface area contributed by atoms with Gasteiger partial charge in [-0.15, -0.1) is 0 Å². The molecule has 0 N–H and O–H groups in total. The first-order valence-corrected chi connectivity index (χ1v) is 3.98. The Labute approximate surface area is 97.2 Å². The van der Waals surface area contributed by atoms with Crippen molar-refractivity contribution < 1.29 is 34.7 Å². The quantitative estimate of drug-likeness (QED) is 0.565. The smallest absolute Gasteiger partial charge is 0.872 e. The summed E-state index contributed by atoms with van der Waals surface area (Å²) in [7, 11) is 0. The Morgan fingerprint density at radius 3 is 2.55 bits per heavy atom. The van der Waals surface area contributed by atoms with Gasteiger partial charge in [-0.3, -0.25) is 0 Å². The molecule has 11 heavy (non-hydrogen) atoms. The summed E-state index contributed by atoms with van der Waals surface area (Å²) in [6, 6.07) is 5.30. The average Bonchev–Trinajstić information content (AvgIpc) is 1.95. The zero-order valence-electron chi connectivity index (χ0n) is 6.73. The maximum Gasteiger partial charge on any atom is 1.00 e. The van der Waals surface area contributed by atoms with Crippen molar-refractivity contribution in [1.29, 1.82) is 0 Å². The van der Waals surface area contributed by atoms with Crippen LogP contribution < -0.4 is 34.7 Å². The Bertz CT molecular complexity index is 238. The minimum absolute atomic E-state index is 0. The van der Waals surface area contributed by atoms with Gasteiger partial charge in [-0.2, -0.15) is 0 Å². The van der Waals surface area contributed by atoms with Crippen LogP contribution in [0.2, 0.25) is 0 Å². The van der Waals surface area contributed by atoms with Gasteiger partial charge in [0, 0.05) is 4.47 Å². The Balaban J connectivity index is 0.000001000. The van der Waals surface area contributed by atoms with Gasteiger partial charge in [-0.1, -0.05) is 40.7 Å². The van der Waals surface area contributed by atoms with Crippen LogP contribution in [0.25, 0.3) is 0 Å². The summed E-state index contributed by atoms with van der Waals surface area (Å²) in [6.07, 6.45) is 0.971. The fourth-order valence-corrected chi connectivity index (χ4v) is 1.19. The van der Waals surface area contributed by atoms with Crippen LogP contribution in [-0.4, -0.2) is 0 Å². The molecule has 0 amide bonds. The molecule has 1 rings (SSSR count). The molecule has 1 aromatic rings. The number of rotatable bonds is 1. The van der Waals surface area contributed by atoms with Crippen LogP contribution in [0, 0.1) is 0 Å². The van der Waals surface area contributed by atoms with Gasteiger partial charge in [0.05, 0.1) is 0 Å². The summed E-state index contributed by atoms with van der Waals surface area (Å²) >= 11 is 3.17. The summed E-state index contributed by atoms with van der Waals surface area (Å²) in [5.41, 5.74) is 1.19. The topological polar surface area (TPSA) is 23.1 Å². The summed E-state index contributed by atoms with van der Waals surface area (Å²) in [4.78, 5) is 0. The van der Waals surface area contributed by atoms with Crippen molar-refractivity contribution in [3.8, 4) is 5.75 Å². The summed E-state index contributed by atoms with van der Waals surface area (Å²) in [5.74, 6) is 0.0530. The number of benzene rings is 1. The van der Waals surface area contributed by atoms with Crippen LogP contribution in [0.1, 0.15) is 12.5 Å². The Morgan fingerprint density at radius 1 is 1.45 bits per heavy atom. The van der Waals surface area contributed by atoms with Crippen molar-refractivity contribution in [3.63, 3.8) is 0 Å². The second-order valence-electron chi connectivity index (χ2n) is 2.12. The number of halogens is 1. The summed E-state index contributed by atoms with van der Waals surface area (Å²) in [6.45, 7) is 2.06. The van der Waals surface area contributed by atoms with E-state index in [1.165, 1.54) is 5.56 Å². The zero-order valence-corrected chi connectivity index (χ0v) is 10.3. The zero-order chi connectivity index (χ0) is 7.56. The Kier molecular flexibility index (Phi) is 5.44. The van der Waals surface area contributed by atoms with E-state index < -0.39 is 0 Å². The van der Waals surface area contributed by atoms with Crippen molar-refractivity contribution in [3.05, 3.63) is 28.2 Å². The van der Waals surface area contributed by atoms with E-state index in [9.17, 15) is 5.11 Å². The van der Waals surface area contributed by atoms with Crippen LogP contribution in [0.4, 0.5) is 0 Å². The van der Waals surface area contributed by atoms with Crippen LogP contribution >= 0.6 is 15.9 Å². The Hall–Kier alpha value is 0.500. The van der Waals surface area contributed by atoms with Gasteiger partial charge in [-0.05, 0) is 18.1 Å². The third-order valence-electron chi connectivity index (χ3n) is 1.40. The van der Waals surface area contributed by atoms with Gasteiger partial charge in [0.2, 0.25) is 0 Å². The van der Waals surface area contributed by atoms with E-state index in [0.29, 0.717) is 4.47 Å². The standard InChI is InChI=1S/C8H9BrO.Na/c1-2-6-3-4-8(10)7(9)5-6;/h3-5,10H,2H2,1H3;/q;+1/p-1. The second kappa shape index (κ2) is 5.20. The maximum atomic E-state index is 10.8. The van der Waals surface area contributed by atoms with E-state index in [0.717, 1.165) is 6.42 Å². The molecule has 0 radical (unpaired) electrons. The van der Waals surface area contributed by atoms with E-state index in [2.05, 4.69) is 22.9 Å². The molecule has 0 saturated heterocycles. The molecule has 54 valence electrons. The fraction of sp³-hybridized carbons (Fsp3) is 0.250. The number of hydrogen-bond donors (Lipinski definition) is 0. The van der Waals surface area contributed by atoms with E-state index in [1.54, 1.807) is 6.07 Å². The van der Waals surface area contributed by atoms with Crippen LogP contribution in [0.5, 0.6) is 5.75 Å². The molecule has 0 aliphatic carbocycles. The van der Waals surface area contributed by atoms with Gasteiger partial charge in [0.15, 0.2) is 0 Å². The number of aryl methyl sites for hydroxylation is 1. The molecular formula is C8H8BrNaO. The SMILES string of the molecule is CCc1ccc([O-])c(Br)c1.[Na+]. The molecule has 0 atom stereocenters. The van der Waals surface area contributed by atoms with Crippen LogP contribution in [0.3, 0.4) is 0 Å². The van der Waals surface area contributed by atoms with Crippen molar-refractivity contribution in [1.82, 2.24) is 0 Å². The monoisotopic (exact) mass is 222 g/mol. The van der Waals surface area contributed by atoms with Gasteiger partial charge in [0.25, 0.3) is 0 Å². The molecule has 0 aromatic heterocycles. The van der Waals surface area contributed by atoms with Crippen molar-refractivity contribution in [2.24, 2.45) is 0 Å². The molecule has 0 aliphatic heterocycles. The molecular weight excluding hydrogens is 215 g/mol. The normalized spacial score (nSPS) is 8.91. The van der Waals surface area contributed by atoms with E-state index in [4.69, 9.17) is 0 Å². The minimum atomic E-state index is 0. The largest absolute Gasteiger partial charge is 1.00 e. The second-order valence-corrected chi connectivity index (χ2v) is 2.97. The van der Waals surface area contributed by atoms with Gasteiger partial charge in [0.1, 0.15) is 0 Å². The van der Waals surface area contributed by atoms with E-state index in [-0.39, 0.29) is 35.3 Å². The molecule has 0 heterocycles. The minimum Gasteiger partial charge on any atom is -0.872 e. The number of hydrogen-bond acceptors (Lipinski definition) is 1. The van der Waals surface area contributed by atoms with E-state index in [1.807, 2.05) is 12.1 Å². The summed E-state index contributed by atoms with van der Waals surface area (Å²) < 4.78 is 0.659. The van der Waals surface area contributed by atoms with Gasteiger partial charge in [-0.25, -0.2) is 0 Å². The molecule has 3 heteroatoms. The molecule has 0 fully saturated rings. The van der Waals surface area contributed by atoms with Crippen LogP contribution in [-0.2, 0) is 6.42 Å². The fourth-order valence-electron chi connectivity index (χ4n) is 0.764. The average molecular weight is 223 g/mol. The first kappa shape index (κ1) is 11.5. The summed E-state index contributed by atoms with van der Waals surface area (Å²) in [5, 5.41) is 10.8. The molecule has 0 saturated carbocycles. The first-order chi connectivity index (χ1) is 4.74. The maximum absolute atomic E-state index is 10.8. The molecule has 1 aromatic carbocycles. The third-order valence-corrected chi connectivity index (χ3v) is 2.02. The van der Waals surface area contributed by atoms with Gasteiger partial charge < -0.3 is 5.11 Å². The third kappa shape index (κ3) is 3.16. The van der Waals surface area contributed by atoms with E-state index >= 15 is 0 Å². The molecule has 0 aliphatic rings. The molecule has 1 nitrogen and oxygen atoms in total. The van der Waals surface area contributed by atoms with Crippen molar-refractivity contribution in [2.75, 3.05) is 0 Å². The van der Waals surface area contributed by atoms with Crippen molar-refractivity contribution in [2.45, 2.75) is 13.3 Å². The predicted octanol–water partition coefficient (Wildman–Crippen LogP) is -0.911. The molecule has 0 bridgehead atoms. The van der Waals surface area contributed by atoms with Gasteiger partial charge >= 0.3 is 29.6 Å². The molecule has 0 spiro atoms.